The van der Waals surface area contributed by atoms with Crippen LogP contribution in [0.5, 0.6) is 5.75 Å². The van der Waals surface area contributed by atoms with Crippen molar-refractivity contribution in [3.05, 3.63) is 58.1 Å². The molecule has 1 N–H and O–H groups in total. The second-order valence-corrected chi connectivity index (χ2v) is 5.55. The van der Waals surface area contributed by atoms with Crippen LogP contribution in [0.2, 0.25) is 0 Å². The second-order valence-electron chi connectivity index (χ2n) is 4.70. The highest BCUT2D eigenvalue weighted by Crippen LogP contribution is 2.22. The van der Waals surface area contributed by atoms with Crippen molar-refractivity contribution in [3.8, 4) is 5.75 Å². The third-order valence-corrected chi connectivity index (χ3v) is 3.53. The standard InChI is InChI=1S/C16H18BrFN2O/c1-2-7-19-9-12-3-4-13(20-10-12)11-21-14-5-6-16(18)15(17)8-14/h3-6,8,10,19H,2,7,9,11H2,1H3. The summed E-state index contributed by atoms with van der Waals surface area (Å²) in [5.74, 6) is 0.308. The molecule has 1 aromatic carbocycles. The van der Waals surface area contributed by atoms with Gasteiger partial charge in [0.1, 0.15) is 18.2 Å². The van der Waals surface area contributed by atoms with E-state index in [0.717, 1.165) is 30.8 Å². The molecule has 0 bridgehead atoms. The first-order valence-corrected chi connectivity index (χ1v) is 7.70. The lowest BCUT2D eigenvalue weighted by Crippen LogP contribution is -2.14. The van der Waals surface area contributed by atoms with E-state index in [-0.39, 0.29) is 5.82 Å². The van der Waals surface area contributed by atoms with Gasteiger partial charge >= 0.3 is 0 Å². The van der Waals surface area contributed by atoms with Gasteiger partial charge in [-0.25, -0.2) is 4.39 Å². The highest BCUT2D eigenvalue weighted by atomic mass is 79.9. The van der Waals surface area contributed by atoms with Crippen molar-refractivity contribution < 1.29 is 9.13 Å². The van der Waals surface area contributed by atoms with Crippen molar-refractivity contribution in [1.29, 1.82) is 0 Å². The predicted molar refractivity (Wildman–Crippen MR) is 84.7 cm³/mol. The molecule has 0 saturated carbocycles. The van der Waals surface area contributed by atoms with Gasteiger partial charge in [0.15, 0.2) is 0 Å². The van der Waals surface area contributed by atoms with Gasteiger partial charge in [-0.1, -0.05) is 13.0 Å². The Bertz CT molecular complexity index is 575. The van der Waals surface area contributed by atoms with Crippen LogP contribution in [0.25, 0.3) is 0 Å². The third kappa shape index (κ3) is 5.10. The Morgan fingerprint density at radius 3 is 2.81 bits per heavy atom. The van der Waals surface area contributed by atoms with Crippen LogP contribution in [0, 0.1) is 5.82 Å². The minimum Gasteiger partial charge on any atom is -0.487 e. The van der Waals surface area contributed by atoms with Crippen LogP contribution in [0.15, 0.2) is 41.0 Å². The topological polar surface area (TPSA) is 34.1 Å². The molecule has 0 amide bonds. The van der Waals surface area contributed by atoms with E-state index >= 15 is 0 Å². The minimum atomic E-state index is -0.301. The summed E-state index contributed by atoms with van der Waals surface area (Å²) in [5.41, 5.74) is 1.99. The maximum absolute atomic E-state index is 13.1. The molecule has 0 spiro atoms. The maximum Gasteiger partial charge on any atom is 0.137 e. The fraction of sp³-hybridized carbons (Fsp3) is 0.312. The number of nitrogens with one attached hydrogen (secondary N) is 1. The first-order valence-electron chi connectivity index (χ1n) is 6.91. The Labute approximate surface area is 132 Å². The quantitative estimate of drug-likeness (QED) is 0.763. The Morgan fingerprint density at radius 1 is 1.29 bits per heavy atom. The molecule has 0 fully saturated rings. The van der Waals surface area contributed by atoms with Gasteiger partial charge in [-0.05, 0) is 58.7 Å². The van der Waals surface area contributed by atoms with E-state index in [2.05, 4.69) is 33.2 Å². The number of pyridine rings is 1. The minimum absolute atomic E-state index is 0.301. The van der Waals surface area contributed by atoms with Crippen LogP contribution in [-0.4, -0.2) is 11.5 Å². The maximum atomic E-state index is 13.1. The molecule has 0 atom stereocenters. The zero-order valence-electron chi connectivity index (χ0n) is 11.9. The SMILES string of the molecule is CCCNCc1ccc(COc2ccc(F)c(Br)c2)nc1. The first-order chi connectivity index (χ1) is 10.2. The fourth-order valence-corrected chi connectivity index (χ4v) is 2.14. The summed E-state index contributed by atoms with van der Waals surface area (Å²) < 4.78 is 19.1. The van der Waals surface area contributed by atoms with E-state index in [4.69, 9.17) is 4.74 Å². The summed E-state index contributed by atoms with van der Waals surface area (Å²) >= 11 is 3.13. The number of halogens is 2. The summed E-state index contributed by atoms with van der Waals surface area (Å²) in [6, 6.07) is 8.56. The van der Waals surface area contributed by atoms with Crippen LogP contribution in [0.4, 0.5) is 4.39 Å². The van der Waals surface area contributed by atoms with Crippen LogP contribution < -0.4 is 10.1 Å². The summed E-state index contributed by atoms with van der Waals surface area (Å²) in [7, 11) is 0. The van der Waals surface area contributed by atoms with Crippen molar-refractivity contribution in [2.75, 3.05) is 6.54 Å². The molecule has 2 rings (SSSR count). The molecular weight excluding hydrogens is 335 g/mol. The lowest BCUT2D eigenvalue weighted by atomic mass is 10.2. The first kappa shape index (κ1) is 15.9. The van der Waals surface area contributed by atoms with Crippen LogP contribution in [0.3, 0.4) is 0 Å². The fourth-order valence-electron chi connectivity index (χ4n) is 1.78. The molecule has 0 radical (unpaired) electrons. The van der Waals surface area contributed by atoms with E-state index in [1.165, 1.54) is 6.07 Å². The Kier molecular flexibility index (Phi) is 6.14. The molecule has 5 heteroatoms. The van der Waals surface area contributed by atoms with E-state index in [9.17, 15) is 4.39 Å². The van der Waals surface area contributed by atoms with Crippen LogP contribution >= 0.6 is 15.9 Å². The summed E-state index contributed by atoms with van der Waals surface area (Å²) in [6.45, 7) is 4.33. The molecule has 0 aliphatic heterocycles. The summed E-state index contributed by atoms with van der Waals surface area (Å²) in [6.07, 6.45) is 2.97. The summed E-state index contributed by atoms with van der Waals surface area (Å²) in [5, 5.41) is 3.33. The average Bonchev–Trinajstić information content (AvgIpc) is 2.50. The van der Waals surface area contributed by atoms with Gasteiger partial charge in [0.05, 0.1) is 10.2 Å². The van der Waals surface area contributed by atoms with Gasteiger partial charge in [-0.15, -0.1) is 0 Å². The largest absolute Gasteiger partial charge is 0.487 e. The molecule has 0 unspecified atom stereocenters. The van der Waals surface area contributed by atoms with Gasteiger partial charge in [0.25, 0.3) is 0 Å². The number of nitrogens with zero attached hydrogens (tertiary/aromatic N) is 1. The number of benzene rings is 1. The molecule has 2 aromatic rings. The zero-order valence-corrected chi connectivity index (χ0v) is 13.5. The lowest BCUT2D eigenvalue weighted by molar-refractivity contribution is 0.300. The molecule has 1 heterocycles. The van der Waals surface area contributed by atoms with Crippen molar-refractivity contribution in [2.24, 2.45) is 0 Å². The van der Waals surface area contributed by atoms with Crippen molar-refractivity contribution in [3.63, 3.8) is 0 Å². The van der Waals surface area contributed by atoms with Crippen molar-refractivity contribution >= 4 is 15.9 Å². The van der Waals surface area contributed by atoms with Crippen molar-refractivity contribution in [1.82, 2.24) is 10.3 Å². The van der Waals surface area contributed by atoms with E-state index in [1.807, 2.05) is 18.3 Å². The Morgan fingerprint density at radius 2 is 2.14 bits per heavy atom. The van der Waals surface area contributed by atoms with E-state index < -0.39 is 0 Å². The molecule has 0 aliphatic rings. The van der Waals surface area contributed by atoms with Gasteiger partial charge in [0, 0.05) is 12.7 Å². The average molecular weight is 353 g/mol. The van der Waals surface area contributed by atoms with Gasteiger partial charge < -0.3 is 10.1 Å². The molecule has 1 aromatic heterocycles. The Balaban J connectivity index is 1.86. The van der Waals surface area contributed by atoms with E-state index in [0.29, 0.717) is 16.8 Å². The summed E-state index contributed by atoms with van der Waals surface area (Å²) in [4.78, 5) is 4.36. The molecular formula is C16H18BrFN2O. The molecule has 0 saturated heterocycles. The lowest BCUT2D eigenvalue weighted by Gasteiger charge is -2.07. The number of rotatable bonds is 7. The zero-order chi connectivity index (χ0) is 15.1. The number of aromatic nitrogens is 1. The molecule has 21 heavy (non-hydrogen) atoms. The van der Waals surface area contributed by atoms with Crippen LogP contribution in [-0.2, 0) is 13.2 Å². The van der Waals surface area contributed by atoms with E-state index in [1.54, 1.807) is 12.1 Å². The second kappa shape index (κ2) is 8.10. The normalized spacial score (nSPS) is 10.6. The van der Waals surface area contributed by atoms with Gasteiger partial charge in [-0.3, -0.25) is 4.98 Å². The highest BCUT2D eigenvalue weighted by molar-refractivity contribution is 9.10. The molecule has 112 valence electrons. The van der Waals surface area contributed by atoms with Crippen molar-refractivity contribution in [2.45, 2.75) is 26.5 Å². The molecule has 0 aliphatic carbocycles. The monoisotopic (exact) mass is 352 g/mol. The number of hydrogen-bond donors (Lipinski definition) is 1. The number of hydrogen-bond acceptors (Lipinski definition) is 3. The molecule has 3 nitrogen and oxygen atoms in total. The third-order valence-electron chi connectivity index (χ3n) is 2.92. The van der Waals surface area contributed by atoms with Crippen LogP contribution in [0.1, 0.15) is 24.6 Å². The van der Waals surface area contributed by atoms with Gasteiger partial charge in [0.2, 0.25) is 0 Å². The Hall–Kier alpha value is -1.46. The van der Waals surface area contributed by atoms with Gasteiger partial charge in [-0.2, -0.15) is 0 Å². The highest BCUT2D eigenvalue weighted by Gasteiger charge is 2.02. The smallest absolute Gasteiger partial charge is 0.137 e. The predicted octanol–water partition coefficient (Wildman–Crippen LogP) is 4.06. The number of ether oxygens (including phenoxy) is 1.